The van der Waals surface area contributed by atoms with Crippen molar-refractivity contribution in [1.29, 1.82) is 0 Å². The third-order valence-electron chi connectivity index (χ3n) is 3.45. The van der Waals surface area contributed by atoms with Crippen molar-refractivity contribution in [1.82, 2.24) is 4.92 Å². The Bertz CT molecular complexity index is 930. The first kappa shape index (κ1) is 16.2. The van der Waals surface area contributed by atoms with E-state index in [-0.39, 0.29) is 11.3 Å². The average molecular weight is 343 g/mol. The molecule has 0 aliphatic carbocycles. The van der Waals surface area contributed by atoms with Crippen LogP contribution in [0.4, 0.5) is 5.69 Å². The summed E-state index contributed by atoms with van der Waals surface area (Å²) in [7, 11) is -4.65. The fourth-order valence-electron chi connectivity index (χ4n) is 2.41. The molecule has 2 aromatic carbocycles. The molecule has 1 heterocycles. The van der Waals surface area contributed by atoms with Gasteiger partial charge in [0, 0.05) is 11.3 Å². The minimum atomic E-state index is -3.45. The number of carbonyl (C=O) groups excluding carboxylic acids is 1. The average Bonchev–Trinajstić information content (AvgIpc) is 2.53. The van der Waals surface area contributed by atoms with Crippen molar-refractivity contribution in [2.75, 3.05) is 11.0 Å². The Balaban J connectivity index is 1.89. The van der Waals surface area contributed by atoms with Gasteiger partial charge in [-0.3, -0.25) is 9.52 Å². The van der Waals surface area contributed by atoms with Crippen LogP contribution in [0, 0.1) is 0 Å². The second-order valence-electron chi connectivity index (χ2n) is 5.35. The van der Waals surface area contributed by atoms with Crippen LogP contribution in [-0.4, -0.2) is 43.8 Å². The molecule has 0 bridgehead atoms. The first-order valence-corrected chi connectivity index (χ1v) is 8.97. The van der Waals surface area contributed by atoms with E-state index in [0.717, 1.165) is 16.7 Å². The highest BCUT2D eigenvalue weighted by molar-refractivity contribution is 7.92. The molecule has 1 aliphatic rings. The third kappa shape index (κ3) is 3.31. The monoisotopic (exact) mass is 343 g/mol. The van der Waals surface area contributed by atoms with Gasteiger partial charge >= 0.3 is 7.05 Å². The van der Waals surface area contributed by atoms with Crippen LogP contribution in [0.15, 0.2) is 53.6 Å². The summed E-state index contributed by atoms with van der Waals surface area (Å²) >= 11 is 0. The number of anilines is 1. The van der Waals surface area contributed by atoms with Crippen LogP contribution in [0.2, 0.25) is 0 Å². The van der Waals surface area contributed by atoms with Crippen LogP contribution in [-0.2, 0) is 10.0 Å². The van der Waals surface area contributed by atoms with Crippen LogP contribution in [0.5, 0.6) is 0 Å². The normalized spacial score (nSPS) is 13.6. The highest BCUT2D eigenvalue weighted by Crippen LogP contribution is 2.16. The number of amides is 1. The molecule has 2 aromatic rings. The van der Waals surface area contributed by atoms with Crippen LogP contribution in [0.3, 0.4) is 0 Å². The topological polar surface area (TPSA) is 99.1 Å². The summed E-state index contributed by atoms with van der Waals surface area (Å²) < 4.78 is 24.9. The van der Waals surface area contributed by atoms with Gasteiger partial charge in [-0.1, -0.05) is 30.3 Å². The lowest BCUT2D eigenvalue weighted by atomic mass is 9.69. The summed E-state index contributed by atoms with van der Waals surface area (Å²) in [6.07, 6.45) is 2.52. The van der Waals surface area contributed by atoms with E-state index >= 15 is 0 Å². The van der Waals surface area contributed by atoms with Crippen LogP contribution in [0.25, 0.3) is 0 Å². The number of nitrogens with zero attached hydrogens (tertiary/aromatic N) is 2. The highest BCUT2D eigenvalue weighted by Gasteiger charge is 2.33. The van der Waals surface area contributed by atoms with Gasteiger partial charge in [-0.05, 0) is 29.2 Å². The van der Waals surface area contributed by atoms with Crippen LogP contribution < -0.4 is 10.2 Å². The number of benzene rings is 2. The lowest BCUT2D eigenvalue weighted by molar-refractivity contribution is 0.0846. The zero-order valence-corrected chi connectivity index (χ0v) is 13.6. The molecule has 0 unspecified atom stereocenters. The largest absolute Gasteiger partial charge is 0.474 e. The molecular formula is C15H14BN3O4S. The molecule has 2 N–H and O–H groups in total. The van der Waals surface area contributed by atoms with Crippen LogP contribution >= 0.6 is 0 Å². The van der Waals surface area contributed by atoms with E-state index in [0.29, 0.717) is 5.46 Å². The summed E-state index contributed by atoms with van der Waals surface area (Å²) in [4.78, 5) is 13.6. The summed E-state index contributed by atoms with van der Waals surface area (Å²) in [5.74, 6) is -0.537. The maximum absolute atomic E-state index is 12.6. The van der Waals surface area contributed by atoms with Crippen molar-refractivity contribution in [3.05, 3.63) is 59.7 Å². The predicted octanol–water partition coefficient (Wildman–Crippen LogP) is 0.235. The van der Waals surface area contributed by atoms with E-state index in [2.05, 4.69) is 9.82 Å². The Morgan fingerprint density at radius 3 is 2.71 bits per heavy atom. The quantitative estimate of drug-likeness (QED) is 0.780. The number of fused-ring (bicyclic) bond motifs is 1. The summed E-state index contributed by atoms with van der Waals surface area (Å²) in [5.41, 5.74) is 1.78. The lowest BCUT2D eigenvalue weighted by Gasteiger charge is -2.25. The smallest absolute Gasteiger partial charge is 0.427 e. The van der Waals surface area contributed by atoms with Crippen molar-refractivity contribution >= 4 is 40.3 Å². The summed E-state index contributed by atoms with van der Waals surface area (Å²) in [6.45, 7) is 0. The summed E-state index contributed by atoms with van der Waals surface area (Å²) in [6, 6.07) is 13.1. The molecule has 1 amide bonds. The fraction of sp³-hybridized carbons (Fsp3) is 0.0667. The second kappa shape index (κ2) is 6.10. The first-order chi connectivity index (χ1) is 11.3. The lowest BCUT2D eigenvalue weighted by Crippen LogP contribution is -2.52. The zero-order chi connectivity index (χ0) is 17.3. The number of carbonyl (C=O) groups is 1. The molecule has 7 nitrogen and oxygen atoms in total. The van der Waals surface area contributed by atoms with Gasteiger partial charge in [0.2, 0.25) is 10.0 Å². The molecule has 9 heteroatoms. The number of rotatable bonds is 3. The van der Waals surface area contributed by atoms with Gasteiger partial charge in [-0.2, -0.15) is 5.10 Å². The molecule has 0 saturated heterocycles. The van der Waals surface area contributed by atoms with Gasteiger partial charge in [-0.25, -0.2) is 13.3 Å². The van der Waals surface area contributed by atoms with E-state index in [1.807, 2.05) is 6.07 Å². The number of sulfonamides is 1. The van der Waals surface area contributed by atoms with Gasteiger partial charge in [-0.15, -0.1) is 0 Å². The number of hydrazone groups is 1. The van der Waals surface area contributed by atoms with Gasteiger partial charge in [0.1, 0.15) is 0 Å². The van der Waals surface area contributed by atoms with Gasteiger partial charge in [0.25, 0.3) is 5.91 Å². The number of hydrogen-bond acceptors (Lipinski definition) is 5. The first-order valence-electron chi connectivity index (χ1n) is 7.07. The zero-order valence-electron chi connectivity index (χ0n) is 12.7. The van der Waals surface area contributed by atoms with E-state index in [4.69, 9.17) is 0 Å². The molecule has 0 radical (unpaired) electrons. The molecule has 0 spiro atoms. The number of hydrogen-bond donors (Lipinski definition) is 2. The molecule has 0 saturated carbocycles. The molecule has 0 aromatic heterocycles. The molecule has 1 aliphatic heterocycles. The van der Waals surface area contributed by atoms with Crippen molar-refractivity contribution in [2.45, 2.75) is 0 Å². The highest BCUT2D eigenvalue weighted by atomic mass is 32.2. The minimum Gasteiger partial charge on any atom is -0.427 e. The maximum Gasteiger partial charge on any atom is 0.474 e. The standard InChI is InChI=1S/C15H14BN3O4S/c1-24(22,23)18-13-7-4-6-11(9-13)15(20)19-16(21)14-8-3-2-5-12(14)10-17-19/h2-10,18,21H,1H3. The van der Waals surface area contributed by atoms with Crippen molar-refractivity contribution in [2.24, 2.45) is 5.10 Å². The van der Waals surface area contributed by atoms with Crippen molar-refractivity contribution in [3.8, 4) is 0 Å². The predicted molar refractivity (Wildman–Crippen MR) is 92.7 cm³/mol. The Labute approximate surface area is 139 Å². The Morgan fingerprint density at radius 2 is 1.96 bits per heavy atom. The Kier molecular flexibility index (Phi) is 4.12. The molecule has 0 fully saturated rings. The molecular weight excluding hydrogens is 329 g/mol. The van der Waals surface area contributed by atoms with E-state index < -0.39 is 23.0 Å². The van der Waals surface area contributed by atoms with Crippen LogP contribution in [0.1, 0.15) is 15.9 Å². The molecule has 0 atom stereocenters. The SMILES string of the molecule is CS(=O)(=O)Nc1cccc(C(=O)N2N=Cc3ccccc3B2O)c1. The molecule has 122 valence electrons. The summed E-state index contributed by atoms with van der Waals surface area (Å²) in [5, 5.41) is 14.4. The van der Waals surface area contributed by atoms with Gasteiger partial charge in [0.05, 0.1) is 12.5 Å². The van der Waals surface area contributed by atoms with E-state index in [1.54, 1.807) is 24.3 Å². The number of nitrogens with one attached hydrogen (secondary N) is 1. The van der Waals surface area contributed by atoms with Crippen molar-refractivity contribution in [3.63, 3.8) is 0 Å². The molecule has 24 heavy (non-hydrogen) atoms. The molecule has 3 rings (SSSR count). The van der Waals surface area contributed by atoms with Gasteiger partial charge in [0.15, 0.2) is 0 Å². The minimum absolute atomic E-state index is 0.208. The Morgan fingerprint density at radius 1 is 1.21 bits per heavy atom. The second-order valence-corrected chi connectivity index (χ2v) is 7.10. The van der Waals surface area contributed by atoms with Gasteiger partial charge < -0.3 is 5.02 Å². The van der Waals surface area contributed by atoms with E-state index in [9.17, 15) is 18.2 Å². The third-order valence-corrected chi connectivity index (χ3v) is 4.05. The Hall–Kier alpha value is -2.65. The van der Waals surface area contributed by atoms with E-state index in [1.165, 1.54) is 24.4 Å². The van der Waals surface area contributed by atoms with Crippen molar-refractivity contribution < 1.29 is 18.2 Å². The fourth-order valence-corrected chi connectivity index (χ4v) is 2.96. The maximum atomic E-state index is 12.6.